The Hall–Kier alpha value is -0.630. The van der Waals surface area contributed by atoms with E-state index in [2.05, 4.69) is 6.07 Å². The second kappa shape index (κ2) is 5.95. The maximum absolute atomic E-state index is 9.20. The van der Waals surface area contributed by atoms with E-state index < -0.39 is 6.10 Å². The van der Waals surface area contributed by atoms with Crippen LogP contribution in [0.3, 0.4) is 0 Å². The van der Waals surface area contributed by atoms with Crippen LogP contribution in [-0.2, 0) is 0 Å². The lowest BCUT2D eigenvalue weighted by atomic mass is 10.2. The summed E-state index contributed by atoms with van der Waals surface area (Å²) in [5.41, 5.74) is 5.25. The number of aliphatic hydroxyl groups is 1. The second-order valence-electron chi connectivity index (χ2n) is 3.04. The van der Waals surface area contributed by atoms with Gasteiger partial charge >= 0.3 is 0 Å². The molecule has 0 aliphatic heterocycles. The van der Waals surface area contributed by atoms with Crippen molar-refractivity contribution in [3.63, 3.8) is 0 Å². The molecule has 0 rings (SSSR count). The Balaban J connectivity index is 3.71. The van der Waals surface area contributed by atoms with Gasteiger partial charge in [0.15, 0.2) is 0 Å². The lowest BCUT2D eigenvalue weighted by Gasteiger charge is -2.24. The van der Waals surface area contributed by atoms with E-state index in [1.807, 2.05) is 18.9 Å². The number of hydrogen-bond acceptors (Lipinski definition) is 4. The van der Waals surface area contributed by atoms with Crippen LogP contribution in [0.15, 0.2) is 0 Å². The third kappa shape index (κ3) is 4.29. The van der Waals surface area contributed by atoms with Crippen molar-refractivity contribution in [1.29, 1.82) is 5.26 Å². The van der Waals surface area contributed by atoms with E-state index in [4.69, 9.17) is 11.0 Å². The van der Waals surface area contributed by atoms with Gasteiger partial charge in [0.05, 0.1) is 18.6 Å². The molecule has 2 atom stereocenters. The minimum atomic E-state index is -0.490. The van der Waals surface area contributed by atoms with Gasteiger partial charge in [-0.05, 0) is 14.0 Å². The molecule has 0 aromatic rings. The highest BCUT2D eigenvalue weighted by Gasteiger charge is 2.11. The quantitative estimate of drug-likeness (QED) is 0.587. The SMILES string of the molecule is CC(CC#N)N(C)CC(O)CN. The molecule has 4 nitrogen and oxygen atoms in total. The van der Waals surface area contributed by atoms with Gasteiger partial charge in [-0.1, -0.05) is 0 Å². The van der Waals surface area contributed by atoms with Gasteiger partial charge in [0, 0.05) is 19.1 Å². The molecule has 0 amide bonds. The van der Waals surface area contributed by atoms with Crippen LogP contribution in [0.4, 0.5) is 0 Å². The maximum Gasteiger partial charge on any atom is 0.0789 e. The topological polar surface area (TPSA) is 73.3 Å². The van der Waals surface area contributed by atoms with Gasteiger partial charge in [-0.2, -0.15) is 5.26 Å². The van der Waals surface area contributed by atoms with Gasteiger partial charge in [-0.3, -0.25) is 0 Å². The predicted molar refractivity (Wildman–Crippen MR) is 47.4 cm³/mol. The molecule has 4 heteroatoms. The highest BCUT2D eigenvalue weighted by Crippen LogP contribution is 2.00. The van der Waals surface area contributed by atoms with E-state index in [9.17, 15) is 5.11 Å². The smallest absolute Gasteiger partial charge is 0.0789 e. The number of aliphatic hydroxyl groups excluding tert-OH is 1. The number of likely N-dealkylation sites (N-methyl/N-ethyl adjacent to an activating group) is 1. The summed E-state index contributed by atoms with van der Waals surface area (Å²) in [5.74, 6) is 0. The van der Waals surface area contributed by atoms with Gasteiger partial charge in [0.2, 0.25) is 0 Å². The lowest BCUT2D eigenvalue weighted by molar-refractivity contribution is 0.115. The fourth-order valence-electron chi connectivity index (χ4n) is 0.875. The van der Waals surface area contributed by atoms with Gasteiger partial charge in [0.1, 0.15) is 0 Å². The first kappa shape index (κ1) is 11.4. The molecule has 3 N–H and O–H groups in total. The second-order valence-corrected chi connectivity index (χ2v) is 3.04. The number of nitrogens with zero attached hydrogens (tertiary/aromatic N) is 2. The summed E-state index contributed by atoms with van der Waals surface area (Å²) in [5, 5.41) is 17.6. The van der Waals surface area contributed by atoms with Crippen LogP contribution in [0.5, 0.6) is 0 Å². The van der Waals surface area contributed by atoms with Crippen molar-refractivity contribution in [2.45, 2.75) is 25.5 Å². The Labute approximate surface area is 73.6 Å². The molecule has 0 saturated carbocycles. The Morgan fingerprint density at radius 1 is 1.67 bits per heavy atom. The molecule has 0 fully saturated rings. The van der Waals surface area contributed by atoms with Crippen LogP contribution in [0.25, 0.3) is 0 Å². The summed E-state index contributed by atoms with van der Waals surface area (Å²) in [6.07, 6.45) is -0.00973. The van der Waals surface area contributed by atoms with Crippen LogP contribution in [0, 0.1) is 11.3 Å². The Bertz CT molecular complexity index is 155. The van der Waals surface area contributed by atoms with Crippen molar-refractivity contribution in [2.75, 3.05) is 20.1 Å². The largest absolute Gasteiger partial charge is 0.390 e. The molecule has 0 heterocycles. The Kier molecular flexibility index (Phi) is 5.64. The summed E-state index contributed by atoms with van der Waals surface area (Å²) >= 11 is 0. The predicted octanol–water partition coefficient (Wildman–Crippen LogP) is -0.460. The number of nitrogens with two attached hydrogens (primary N) is 1. The van der Waals surface area contributed by atoms with E-state index in [0.29, 0.717) is 13.0 Å². The minimum absolute atomic E-state index is 0.177. The standard InChI is InChI=1S/C8H17N3O/c1-7(3-4-9)11(2)6-8(12)5-10/h7-8,12H,3,5-6,10H2,1-2H3. The first-order valence-electron chi connectivity index (χ1n) is 4.07. The van der Waals surface area contributed by atoms with E-state index in [1.165, 1.54) is 0 Å². The van der Waals surface area contributed by atoms with Gasteiger partial charge in [-0.15, -0.1) is 0 Å². The molecule has 0 aliphatic carbocycles. The molecule has 0 aromatic heterocycles. The van der Waals surface area contributed by atoms with Crippen molar-refractivity contribution in [1.82, 2.24) is 4.90 Å². The van der Waals surface area contributed by atoms with Crippen molar-refractivity contribution < 1.29 is 5.11 Å². The highest BCUT2D eigenvalue weighted by molar-refractivity contribution is 4.79. The molecule has 0 spiro atoms. The van der Waals surface area contributed by atoms with E-state index in [0.717, 1.165) is 0 Å². The summed E-state index contributed by atoms with van der Waals surface area (Å²) < 4.78 is 0. The van der Waals surface area contributed by atoms with Crippen molar-refractivity contribution in [3.8, 4) is 6.07 Å². The molecule has 0 aliphatic rings. The van der Waals surface area contributed by atoms with Crippen molar-refractivity contribution in [3.05, 3.63) is 0 Å². The fraction of sp³-hybridized carbons (Fsp3) is 0.875. The van der Waals surface area contributed by atoms with E-state index in [1.54, 1.807) is 0 Å². The van der Waals surface area contributed by atoms with Gasteiger partial charge in [0.25, 0.3) is 0 Å². The zero-order valence-electron chi connectivity index (χ0n) is 7.70. The van der Waals surface area contributed by atoms with Gasteiger partial charge < -0.3 is 15.7 Å². The highest BCUT2D eigenvalue weighted by atomic mass is 16.3. The first-order chi connectivity index (χ1) is 5.61. The lowest BCUT2D eigenvalue weighted by Crippen LogP contribution is -2.38. The molecule has 12 heavy (non-hydrogen) atoms. The minimum Gasteiger partial charge on any atom is -0.390 e. The van der Waals surface area contributed by atoms with E-state index in [-0.39, 0.29) is 12.6 Å². The Morgan fingerprint density at radius 2 is 2.25 bits per heavy atom. The van der Waals surface area contributed by atoms with Crippen LogP contribution in [0.2, 0.25) is 0 Å². The molecule has 0 bridgehead atoms. The summed E-state index contributed by atoms with van der Waals surface area (Å²) in [6, 6.07) is 2.26. The van der Waals surface area contributed by atoms with Crippen LogP contribution in [-0.4, -0.2) is 42.3 Å². The number of rotatable bonds is 5. The summed E-state index contributed by atoms with van der Waals surface area (Å²) in [6.45, 7) is 2.75. The molecule has 0 saturated heterocycles. The van der Waals surface area contributed by atoms with Crippen molar-refractivity contribution >= 4 is 0 Å². The molecule has 70 valence electrons. The summed E-state index contributed by atoms with van der Waals surface area (Å²) in [7, 11) is 1.88. The zero-order valence-corrected chi connectivity index (χ0v) is 7.70. The first-order valence-corrected chi connectivity index (χ1v) is 4.07. The molecular weight excluding hydrogens is 154 g/mol. The Morgan fingerprint density at radius 3 is 2.67 bits per heavy atom. The number of nitriles is 1. The molecule has 0 aromatic carbocycles. The normalized spacial score (nSPS) is 15.7. The van der Waals surface area contributed by atoms with Gasteiger partial charge in [-0.25, -0.2) is 0 Å². The zero-order chi connectivity index (χ0) is 9.56. The van der Waals surface area contributed by atoms with Crippen molar-refractivity contribution in [2.24, 2.45) is 5.73 Å². The van der Waals surface area contributed by atoms with Crippen LogP contribution >= 0.6 is 0 Å². The average molecular weight is 171 g/mol. The van der Waals surface area contributed by atoms with E-state index >= 15 is 0 Å². The monoisotopic (exact) mass is 171 g/mol. The third-order valence-corrected chi connectivity index (χ3v) is 1.91. The fourth-order valence-corrected chi connectivity index (χ4v) is 0.875. The molecule has 0 radical (unpaired) electrons. The van der Waals surface area contributed by atoms with Crippen LogP contribution in [0.1, 0.15) is 13.3 Å². The van der Waals surface area contributed by atoms with Crippen LogP contribution < -0.4 is 5.73 Å². The molecule has 2 unspecified atom stereocenters. The number of hydrogen-bond donors (Lipinski definition) is 2. The average Bonchev–Trinajstić information content (AvgIpc) is 2.04. The summed E-state index contributed by atoms with van der Waals surface area (Å²) in [4.78, 5) is 1.93. The maximum atomic E-state index is 9.20. The third-order valence-electron chi connectivity index (χ3n) is 1.91. The molecular formula is C8H17N3O.